The van der Waals surface area contributed by atoms with Crippen LogP contribution in [0.1, 0.15) is 16.1 Å². The molecule has 0 spiro atoms. The molecule has 5 heteroatoms. The van der Waals surface area contributed by atoms with Crippen molar-refractivity contribution in [1.82, 2.24) is 20.3 Å². The van der Waals surface area contributed by atoms with E-state index in [0.717, 1.165) is 16.6 Å². The third-order valence-electron chi connectivity index (χ3n) is 2.89. The van der Waals surface area contributed by atoms with Crippen molar-refractivity contribution in [2.75, 3.05) is 0 Å². The summed E-state index contributed by atoms with van der Waals surface area (Å²) in [4.78, 5) is 23.0. The van der Waals surface area contributed by atoms with Gasteiger partial charge in [0, 0.05) is 28.9 Å². The maximum atomic E-state index is 12.0. The van der Waals surface area contributed by atoms with Crippen LogP contribution in [0.25, 0.3) is 10.9 Å². The van der Waals surface area contributed by atoms with Gasteiger partial charge in [0.1, 0.15) is 6.33 Å². The number of rotatable bonds is 3. The summed E-state index contributed by atoms with van der Waals surface area (Å²) < 4.78 is 0. The molecule has 1 aromatic carbocycles. The minimum Gasteiger partial charge on any atom is -0.361 e. The smallest absolute Gasteiger partial charge is 0.251 e. The molecule has 1 amide bonds. The molecule has 0 saturated carbocycles. The zero-order chi connectivity index (χ0) is 13.1. The molecule has 94 valence electrons. The van der Waals surface area contributed by atoms with E-state index < -0.39 is 0 Å². The van der Waals surface area contributed by atoms with Crippen molar-refractivity contribution in [3.05, 3.63) is 60.3 Å². The van der Waals surface area contributed by atoms with Crippen LogP contribution in [-0.2, 0) is 6.54 Å². The first kappa shape index (κ1) is 11.4. The summed E-state index contributed by atoms with van der Waals surface area (Å²) in [5.74, 6) is -0.110. The maximum Gasteiger partial charge on any atom is 0.251 e. The number of carbonyl (C=O) groups is 1. The minimum absolute atomic E-state index is 0.110. The average Bonchev–Trinajstić information content (AvgIpc) is 2.93. The Kier molecular flexibility index (Phi) is 2.94. The van der Waals surface area contributed by atoms with Crippen LogP contribution in [0, 0.1) is 0 Å². The molecule has 0 saturated heterocycles. The van der Waals surface area contributed by atoms with Crippen molar-refractivity contribution in [1.29, 1.82) is 0 Å². The summed E-state index contributed by atoms with van der Waals surface area (Å²) in [6.45, 7) is 0.395. The first-order valence-electron chi connectivity index (χ1n) is 5.93. The van der Waals surface area contributed by atoms with E-state index in [1.807, 2.05) is 24.4 Å². The van der Waals surface area contributed by atoms with Gasteiger partial charge in [-0.25, -0.2) is 9.97 Å². The third-order valence-corrected chi connectivity index (χ3v) is 2.89. The number of nitrogens with one attached hydrogen (secondary N) is 2. The largest absolute Gasteiger partial charge is 0.361 e. The fourth-order valence-electron chi connectivity index (χ4n) is 1.89. The molecule has 0 aliphatic rings. The first-order valence-corrected chi connectivity index (χ1v) is 5.93. The van der Waals surface area contributed by atoms with Gasteiger partial charge in [0.25, 0.3) is 5.91 Å². The van der Waals surface area contributed by atoms with Gasteiger partial charge in [-0.3, -0.25) is 4.79 Å². The molecule has 0 bridgehead atoms. The number of fused-ring (bicyclic) bond motifs is 1. The van der Waals surface area contributed by atoms with E-state index in [4.69, 9.17) is 0 Å². The topological polar surface area (TPSA) is 70.7 Å². The number of carbonyl (C=O) groups excluding carboxylic acids is 1. The Labute approximate surface area is 109 Å². The van der Waals surface area contributed by atoms with Crippen molar-refractivity contribution in [3.8, 4) is 0 Å². The molecule has 0 atom stereocenters. The number of hydrogen-bond acceptors (Lipinski definition) is 3. The van der Waals surface area contributed by atoms with E-state index in [1.54, 1.807) is 18.3 Å². The molecule has 3 aromatic rings. The summed E-state index contributed by atoms with van der Waals surface area (Å²) in [6.07, 6.45) is 4.97. The normalized spacial score (nSPS) is 10.5. The van der Waals surface area contributed by atoms with Gasteiger partial charge in [-0.2, -0.15) is 0 Å². The summed E-state index contributed by atoms with van der Waals surface area (Å²) in [5, 5.41) is 3.86. The lowest BCUT2D eigenvalue weighted by molar-refractivity contribution is 0.0950. The molecule has 19 heavy (non-hydrogen) atoms. The molecular weight excluding hydrogens is 240 g/mol. The zero-order valence-corrected chi connectivity index (χ0v) is 10.1. The Morgan fingerprint density at radius 3 is 3.05 bits per heavy atom. The fraction of sp³-hybridized carbons (Fsp3) is 0.0714. The highest BCUT2D eigenvalue weighted by atomic mass is 16.1. The van der Waals surface area contributed by atoms with Crippen LogP contribution < -0.4 is 5.32 Å². The molecule has 3 rings (SSSR count). The predicted molar refractivity (Wildman–Crippen MR) is 71.5 cm³/mol. The van der Waals surface area contributed by atoms with Crippen molar-refractivity contribution in [3.63, 3.8) is 0 Å². The summed E-state index contributed by atoms with van der Waals surface area (Å²) in [7, 11) is 0. The second-order valence-corrected chi connectivity index (χ2v) is 4.16. The van der Waals surface area contributed by atoms with Gasteiger partial charge in [0.05, 0.1) is 12.2 Å². The highest BCUT2D eigenvalue weighted by Gasteiger charge is 2.06. The van der Waals surface area contributed by atoms with Crippen molar-refractivity contribution >= 4 is 16.8 Å². The third kappa shape index (κ3) is 2.44. The lowest BCUT2D eigenvalue weighted by Gasteiger charge is -2.04. The molecule has 0 aliphatic heterocycles. The molecule has 5 nitrogen and oxygen atoms in total. The van der Waals surface area contributed by atoms with E-state index in [2.05, 4.69) is 20.3 Å². The maximum absolute atomic E-state index is 12.0. The van der Waals surface area contributed by atoms with E-state index in [1.165, 1.54) is 6.33 Å². The standard InChI is InChI=1S/C14H12N4O/c19-14(17-8-12-4-5-15-9-18-12)11-1-2-13-10(7-11)3-6-16-13/h1-7,9,16H,8H2,(H,17,19). The van der Waals surface area contributed by atoms with Gasteiger partial charge >= 0.3 is 0 Å². The van der Waals surface area contributed by atoms with E-state index in [0.29, 0.717) is 12.1 Å². The molecule has 2 aromatic heterocycles. The fourth-order valence-corrected chi connectivity index (χ4v) is 1.89. The van der Waals surface area contributed by atoms with Crippen LogP contribution in [0.3, 0.4) is 0 Å². The second-order valence-electron chi connectivity index (χ2n) is 4.16. The van der Waals surface area contributed by atoms with Gasteiger partial charge in [-0.05, 0) is 30.3 Å². The summed E-state index contributed by atoms with van der Waals surface area (Å²) in [5.41, 5.74) is 2.44. The number of amides is 1. The van der Waals surface area contributed by atoms with E-state index >= 15 is 0 Å². The molecule has 0 aliphatic carbocycles. The van der Waals surface area contributed by atoms with Gasteiger partial charge in [-0.15, -0.1) is 0 Å². The quantitative estimate of drug-likeness (QED) is 0.747. The van der Waals surface area contributed by atoms with Crippen molar-refractivity contribution in [2.24, 2.45) is 0 Å². The van der Waals surface area contributed by atoms with Gasteiger partial charge in [0.15, 0.2) is 0 Å². The highest BCUT2D eigenvalue weighted by Crippen LogP contribution is 2.14. The molecule has 2 N–H and O–H groups in total. The second kappa shape index (κ2) is 4.89. The molecule has 2 heterocycles. The monoisotopic (exact) mass is 252 g/mol. The van der Waals surface area contributed by atoms with E-state index in [-0.39, 0.29) is 5.91 Å². The van der Waals surface area contributed by atoms with Gasteiger partial charge in [-0.1, -0.05) is 0 Å². The van der Waals surface area contributed by atoms with E-state index in [9.17, 15) is 4.79 Å². The van der Waals surface area contributed by atoms with Crippen LogP contribution in [0.5, 0.6) is 0 Å². The Morgan fingerprint density at radius 1 is 1.26 bits per heavy atom. The Balaban J connectivity index is 1.73. The van der Waals surface area contributed by atoms with Crippen molar-refractivity contribution in [2.45, 2.75) is 6.54 Å². The molecular formula is C14H12N4O. The number of hydrogen-bond donors (Lipinski definition) is 2. The number of aromatic nitrogens is 3. The zero-order valence-electron chi connectivity index (χ0n) is 10.1. The van der Waals surface area contributed by atoms with Crippen LogP contribution in [0.15, 0.2) is 49.1 Å². The average molecular weight is 252 g/mol. The highest BCUT2D eigenvalue weighted by molar-refractivity contribution is 5.97. The minimum atomic E-state index is -0.110. The number of aromatic amines is 1. The SMILES string of the molecule is O=C(NCc1ccncn1)c1ccc2[nH]ccc2c1. The van der Waals surface area contributed by atoms with Crippen molar-refractivity contribution < 1.29 is 4.79 Å². The van der Waals surface area contributed by atoms with Crippen LogP contribution >= 0.6 is 0 Å². The predicted octanol–water partition coefficient (Wildman–Crippen LogP) is 1.89. The van der Waals surface area contributed by atoms with Crippen LogP contribution in [0.4, 0.5) is 0 Å². The van der Waals surface area contributed by atoms with Gasteiger partial charge in [0.2, 0.25) is 0 Å². The lowest BCUT2D eigenvalue weighted by Crippen LogP contribution is -2.23. The number of benzene rings is 1. The Hall–Kier alpha value is -2.69. The lowest BCUT2D eigenvalue weighted by atomic mass is 10.1. The van der Waals surface area contributed by atoms with Crippen LogP contribution in [-0.4, -0.2) is 20.9 Å². The number of nitrogens with zero attached hydrogens (tertiary/aromatic N) is 2. The molecule has 0 radical (unpaired) electrons. The Bertz CT molecular complexity index is 706. The number of H-pyrrole nitrogens is 1. The molecule has 0 unspecified atom stereocenters. The van der Waals surface area contributed by atoms with Crippen LogP contribution in [0.2, 0.25) is 0 Å². The van der Waals surface area contributed by atoms with Gasteiger partial charge < -0.3 is 10.3 Å². The summed E-state index contributed by atoms with van der Waals surface area (Å²) >= 11 is 0. The summed E-state index contributed by atoms with van der Waals surface area (Å²) in [6, 6.07) is 9.27. The Morgan fingerprint density at radius 2 is 2.21 bits per heavy atom. The molecule has 0 fully saturated rings. The first-order chi connectivity index (χ1) is 9.33.